The molecule has 0 aromatic heterocycles. The van der Waals surface area contributed by atoms with Crippen LogP contribution in [0.25, 0.3) is 0 Å². The highest BCUT2D eigenvalue weighted by Crippen LogP contribution is 2.46. The normalized spacial score (nSPS) is 16.7. The van der Waals surface area contributed by atoms with Gasteiger partial charge in [-0.25, -0.2) is 0 Å². The summed E-state index contributed by atoms with van der Waals surface area (Å²) >= 11 is 1.87. The maximum atomic E-state index is 3.69. The van der Waals surface area contributed by atoms with Crippen LogP contribution in [0.4, 0.5) is 22.7 Å². The van der Waals surface area contributed by atoms with Crippen molar-refractivity contribution in [1.82, 2.24) is 4.90 Å². The maximum Gasteiger partial charge on any atom is 0.0547 e. The number of anilines is 4. The minimum atomic E-state index is 1.03. The van der Waals surface area contributed by atoms with Gasteiger partial charge in [-0.15, -0.1) is 0 Å². The Kier molecular flexibility index (Phi) is 5.00. The van der Waals surface area contributed by atoms with Crippen molar-refractivity contribution >= 4 is 34.5 Å². The summed E-state index contributed by atoms with van der Waals surface area (Å²) in [4.78, 5) is 9.90. The van der Waals surface area contributed by atoms with Crippen molar-refractivity contribution in [3.05, 3.63) is 36.4 Å². The number of benzene rings is 2. The van der Waals surface area contributed by atoms with Gasteiger partial charge in [-0.05, 0) is 57.3 Å². The van der Waals surface area contributed by atoms with Crippen LogP contribution in [0, 0.1) is 0 Å². The third-order valence-electron chi connectivity index (χ3n) is 5.41. The number of hydrogen-bond acceptors (Lipinski definition) is 5. The predicted octanol–water partition coefficient (Wildman–Crippen LogP) is 4.49. The van der Waals surface area contributed by atoms with Gasteiger partial charge in [-0.3, -0.25) is 0 Å². The lowest BCUT2D eigenvalue weighted by atomic mass is 10.2. The Morgan fingerprint density at radius 3 is 2.27 bits per heavy atom. The average molecular weight is 369 g/mol. The first-order valence-corrected chi connectivity index (χ1v) is 10.4. The number of rotatable bonds is 4. The SMILES string of the molecule is CCN(CC)c1ccc2c(c1)Nc1cc(N3CCN(C)CC3)ccc1S2. The highest BCUT2D eigenvalue weighted by molar-refractivity contribution is 7.99. The topological polar surface area (TPSA) is 21.8 Å². The lowest BCUT2D eigenvalue weighted by Crippen LogP contribution is -2.44. The molecule has 1 saturated heterocycles. The highest BCUT2D eigenvalue weighted by Gasteiger charge is 2.20. The maximum absolute atomic E-state index is 3.69. The molecule has 2 aromatic rings. The summed E-state index contributed by atoms with van der Waals surface area (Å²) in [6.45, 7) is 11.0. The molecule has 2 aliphatic heterocycles. The molecule has 2 aliphatic rings. The lowest BCUT2D eigenvalue weighted by molar-refractivity contribution is 0.313. The second-order valence-corrected chi connectivity index (χ2v) is 8.13. The molecular formula is C21H28N4S. The van der Waals surface area contributed by atoms with Gasteiger partial charge in [-0.1, -0.05) is 11.8 Å². The molecule has 0 amide bonds. The first kappa shape index (κ1) is 17.6. The number of nitrogens with one attached hydrogen (secondary N) is 1. The zero-order chi connectivity index (χ0) is 18.1. The molecule has 138 valence electrons. The van der Waals surface area contributed by atoms with E-state index < -0.39 is 0 Å². The van der Waals surface area contributed by atoms with Crippen LogP contribution in [-0.2, 0) is 0 Å². The third kappa shape index (κ3) is 3.38. The second kappa shape index (κ2) is 7.41. The van der Waals surface area contributed by atoms with Crippen molar-refractivity contribution in [3.63, 3.8) is 0 Å². The van der Waals surface area contributed by atoms with Gasteiger partial charge in [0.1, 0.15) is 0 Å². The summed E-state index contributed by atoms with van der Waals surface area (Å²) in [6.07, 6.45) is 0. The van der Waals surface area contributed by atoms with Gasteiger partial charge in [0.2, 0.25) is 0 Å². The Morgan fingerprint density at radius 2 is 1.58 bits per heavy atom. The van der Waals surface area contributed by atoms with Gasteiger partial charge in [0.25, 0.3) is 0 Å². The summed E-state index contributed by atoms with van der Waals surface area (Å²) in [5.74, 6) is 0. The lowest BCUT2D eigenvalue weighted by Gasteiger charge is -2.34. The van der Waals surface area contributed by atoms with Gasteiger partial charge in [0.15, 0.2) is 0 Å². The van der Waals surface area contributed by atoms with E-state index in [0.29, 0.717) is 0 Å². The molecule has 0 bridgehead atoms. The van der Waals surface area contributed by atoms with Gasteiger partial charge in [0.05, 0.1) is 11.4 Å². The molecule has 0 saturated carbocycles. The van der Waals surface area contributed by atoms with E-state index in [1.807, 2.05) is 11.8 Å². The van der Waals surface area contributed by atoms with Crippen LogP contribution in [0.15, 0.2) is 46.2 Å². The number of likely N-dealkylation sites (N-methyl/N-ethyl adjacent to an activating group) is 1. The fourth-order valence-corrected chi connectivity index (χ4v) is 4.67. The number of piperazine rings is 1. The van der Waals surface area contributed by atoms with Crippen LogP contribution in [-0.4, -0.2) is 51.2 Å². The zero-order valence-corrected chi connectivity index (χ0v) is 16.8. The van der Waals surface area contributed by atoms with E-state index in [9.17, 15) is 0 Å². The molecule has 2 aromatic carbocycles. The van der Waals surface area contributed by atoms with Crippen molar-refractivity contribution in [3.8, 4) is 0 Å². The van der Waals surface area contributed by atoms with E-state index in [-0.39, 0.29) is 0 Å². The van der Waals surface area contributed by atoms with Gasteiger partial charge < -0.3 is 20.0 Å². The molecule has 26 heavy (non-hydrogen) atoms. The zero-order valence-electron chi connectivity index (χ0n) is 16.0. The molecular weight excluding hydrogens is 340 g/mol. The van der Waals surface area contributed by atoms with Crippen molar-refractivity contribution < 1.29 is 0 Å². The minimum absolute atomic E-state index is 1.03. The number of fused-ring (bicyclic) bond motifs is 2. The molecule has 5 heteroatoms. The van der Waals surface area contributed by atoms with Crippen LogP contribution in [0.1, 0.15) is 13.8 Å². The standard InChI is InChI=1S/C21H28N4S/c1-4-24(5-2)16-6-8-20-18(14-16)22-19-15-17(7-9-21(19)26-20)25-12-10-23(3)11-13-25/h6-9,14-15,22H,4-5,10-13H2,1-3H3. The summed E-state index contributed by atoms with van der Waals surface area (Å²) < 4.78 is 0. The molecule has 0 aliphatic carbocycles. The summed E-state index contributed by atoms with van der Waals surface area (Å²) in [5, 5.41) is 3.69. The quantitative estimate of drug-likeness (QED) is 0.730. The van der Waals surface area contributed by atoms with Crippen LogP contribution < -0.4 is 15.1 Å². The van der Waals surface area contributed by atoms with Crippen molar-refractivity contribution in [2.45, 2.75) is 23.6 Å². The van der Waals surface area contributed by atoms with E-state index in [4.69, 9.17) is 0 Å². The van der Waals surface area contributed by atoms with Crippen molar-refractivity contribution in [2.24, 2.45) is 0 Å². The largest absolute Gasteiger partial charge is 0.372 e. The first-order chi connectivity index (χ1) is 12.7. The Bertz CT molecular complexity index is 780. The first-order valence-electron chi connectivity index (χ1n) is 9.59. The molecule has 0 radical (unpaired) electrons. The Balaban J connectivity index is 1.58. The molecule has 0 spiro atoms. The van der Waals surface area contributed by atoms with E-state index in [1.54, 1.807) is 0 Å². The predicted molar refractivity (Wildman–Crippen MR) is 114 cm³/mol. The number of nitrogens with zero attached hydrogens (tertiary/aromatic N) is 3. The molecule has 4 nitrogen and oxygen atoms in total. The van der Waals surface area contributed by atoms with Crippen LogP contribution >= 0.6 is 11.8 Å². The second-order valence-electron chi connectivity index (χ2n) is 7.05. The molecule has 4 rings (SSSR count). The summed E-state index contributed by atoms with van der Waals surface area (Å²) in [7, 11) is 2.20. The van der Waals surface area contributed by atoms with E-state index in [0.717, 1.165) is 39.3 Å². The van der Waals surface area contributed by atoms with E-state index in [2.05, 4.69) is 77.3 Å². The smallest absolute Gasteiger partial charge is 0.0547 e. The van der Waals surface area contributed by atoms with Crippen LogP contribution in [0.2, 0.25) is 0 Å². The Hall–Kier alpha value is -1.85. The molecule has 1 fully saturated rings. The average Bonchev–Trinajstić information content (AvgIpc) is 2.67. The minimum Gasteiger partial charge on any atom is -0.372 e. The molecule has 0 unspecified atom stereocenters. The van der Waals surface area contributed by atoms with Gasteiger partial charge in [-0.2, -0.15) is 0 Å². The summed E-state index contributed by atoms with van der Waals surface area (Å²) in [6, 6.07) is 13.6. The van der Waals surface area contributed by atoms with Crippen LogP contribution in [0.5, 0.6) is 0 Å². The highest BCUT2D eigenvalue weighted by atomic mass is 32.2. The number of hydrogen-bond donors (Lipinski definition) is 1. The van der Waals surface area contributed by atoms with Crippen LogP contribution in [0.3, 0.4) is 0 Å². The fourth-order valence-electron chi connectivity index (χ4n) is 3.72. The van der Waals surface area contributed by atoms with E-state index in [1.165, 1.54) is 32.5 Å². The van der Waals surface area contributed by atoms with Gasteiger partial charge in [0, 0.05) is 60.4 Å². The van der Waals surface area contributed by atoms with Crippen molar-refractivity contribution in [2.75, 3.05) is 61.4 Å². The Morgan fingerprint density at radius 1 is 0.923 bits per heavy atom. The van der Waals surface area contributed by atoms with Gasteiger partial charge >= 0.3 is 0 Å². The Labute approximate surface area is 161 Å². The van der Waals surface area contributed by atoms with Crippen molar-refractivity contribution in [1.29, 1.82) is 0 Å². The molecule has 2 heterocycles. The molecule has 0 atom stereocenters. The fraction of sp³-hybridized carbons (Fsp3) is 0.429. The van der Waals surface area contributed by atoms with E-state index >= 15 is 0 Å². The third-order valence-corrected chi connectivity index (χ3v) is 6.56. The summed E-state index contributed by atoms with van der Waals surface area (Å²) in [5.41, 5.74) is 5.08. The monoisotopic (exact) mass is 368 g/mol. The molecule has 1 N–H and O–H groups in total.